The Morgan fingerprint density at radius 2 is 2.05 bits per heavy atom. The fraction of sp³-hybridized carbons (Fsp3) is 0.938. The fourth-order valence-electron chi connectivity index (χ4n) is 3.04. The Kier molecular flexibility index (Phi) is 7.50. The molecule has 0 radical (unpaired) electrons. The van der Waals surface area contributed by atoms with Crippen LogP contribution in [0.15, 0.2) is 0 Å². The molecule has 0 aromatic rings. The van der Waals surface area contributed by atoms with Gasteiger partial charge in [0.2, 0.25) is 0 Å². The van der Waals surface area contributed by atoms with Crippen molar-refractivity contribution in [1.29, 1.82) is 5.26 Å². The second-order valence-corrected chi connectivity index (χ2v) is 6.23. The lowest BCUT2D eigenvalue weighted by Gasteiger charge is -2.33. The highest BCUT2D eigenvalue weighted by molar-refractivity contribution is 5.06. The first-order valence-corrected chi connectivity index (χ1v) is 7.99. The number of hydrogen-bond donors (Lipinski definition) is 1. The van der Waals surface area contributed by atoms with Crippen molar-refractivity contribution in [2.75, 3.05) is 26.7 Å². The van der Waals surface area contributed by atoms with E-state index in [-0.39, 0.29) is 5.54 Å². The van der Waals surface area contributed by atoms with Crippen molar-refractivity contribution in [2.24, 2.45) is 0 Å². The highest BCUT2D eigenvalue weighted by Crippen LogP contribution is 2.19. The number of hydrogen-bond acceptors (Lipinski definition) is 4. The van der Waals surface area contributed by atoms with Gasteiger partial charge < -0.3 is 9.64 Å². The topological polar surface area (TPSA) is 48.3 Å². The summed E-state index contributed by atoms with van der Waals surface area (Å²) in [6.45, 7) is 9.67. The summed E-state index contributed by atoms with van der Waals surface area (Å²) in [5.74, 6) is 0. The van der Waals surface area contributed by atoms with Crippen LogP contribution in [0.5, 0.6) is 0 Å². The van der Waals surface area contributed by atoms with Gasteiger partial charge in [0.05, 0.1) is 12.2 Å². The average Bonchev–Trinajstić information content (AvgIpc) is 2.46. The maximum absolute atomic E-state index is 9.49. The van der Waals surface area contributed by atoms with Gasteiger partial charge in [0, 0.05) is 26.2 Å². The second-order valence-electron chi connectivity index (χ2n) is 6.23. The van der Waals surface area contributed by atoms with Crippen molar-refractivity contribution in [3.05, 3.63) is 0 Å². The number of nitriles is 1. The quantitative estimate of drug-likeness (QED) is 0.743. The van der Waals surface area contributed by atoms with Gasteiger partial charge in [0.1, 0.15) is 5.54 Å². The van der Waals surface area contributed by atoms with E-state index >= 15 is 0 Å². The molecule has 0 bridgehead atoms. The van der Waals surface area contributed by atoms with E-state index in [1.807, 2.05) is 0 Å². The Hall–Kier alpha value is -0.630. The third-order valence-electron chi connectivity index (χ3n) is 4.33. The summed E-state index contributed by atoms with van der Waals surface area (Å²) in [4.78, 5) is 2.50. The lowest BCUT2D eigenvalue weighted by Crippen LogP contribution is -2.47. The first-order valence-electron chi connectivity index (χ1n) is 7.99. The SMILES string of the molecule is CCC(C#N)(CCCN1CCC(OC)CC1)NC(C)C. The molecule has 4 nitrogen and oxygen atoms in total. The Labute approximate surface area is 124 Å². The zero-order chi connectivity index (χ0) is 15.0. The monoisotopic (exact) mass is 281 g/mol. The molecule has 1 saturated heterocycles. The summed E-state index contributed by atoms with van der Waals surface area (Å²) < 4.78 is 5.40. The number of piperidine rings is 1. The standard InChI is InChI=1S/C16H31N3O/c1-5-16(13-17,18-14(2)3)9-6-10-19-11-7-15(20-4)8-12-19/h14-15,18H,5-12H2,1-4H3. The minimum Gasteiger partial charge on any atom is -0.381 e. The molecule has 20 heavy (non-hydrogen) atoms. The molecule has 1 fully saturated rings. The molecule has 1 unspecified atom stereocenters. The largest absolute Gasteiger partial charge is 0.381 e. The van der Waals surface area contributed by atoms with Gasteiger partial charge in [-0.3, -0.25) is 5.32 Å². The number of nitrogens with one attached hydrogen (secondary N) is 1. The van der Waals surface area contributed by atoms with E-state index in [1.54, 1.807) is 7.11 Å². The molecule has 1 aliphatic heterocycles. The van der Waals surface area contributed by atoms with Crippen LogP contribution in [0, 0.1) is 11.3 Å². The molecule has 0 aromatic carbocycles. The number of nitrogens with zero attached hydrogens (tertiary/aromatic N) is 2. The van der Waals surface area contributed by atoms with Crippen molar-refractivity contribution in [1.82, 2.24) is 10.2 Å². The predicted octanol–water partition coefficient (Wildman–Crippen LogP) is 2.55. The van der Waals surface area contributed by atoms with Crippen LogP contribution in [0.1, 0.15) is 52.9 Å². The van der Waals surface area contributed by atoms with E-state index in [2.05, 4.69) is 37.1 Å². The van der Waals surface area contributed by atoms with E-state index in [4.69, 9.17) is 4.74 Å². The third-order valence-corrected chi connectivity index (χ3v) is 4.33. The summed E-state index contributed by atoms with van der Waals surface area (Å²) in [5, 5.41) is 12.9. The maximum atomic E-state index is 9.49. The lowest BCUT2D eigenvalue weighted by atomic mass is 9.91. The molecule has 0 aliphatic carbocycles. The van der Waals surface area contributed by atoms with Crippen molar-refractivity contribution in [3.63, 3.8) is 0 Å². The Morgan fingerprint density at radius 3 is 2.50 bits per heavy atom. The van der Waals surface area contributed by atoms with Crippen molar-refractivity contribution in [3.8, 4) is 6.07 Å². The molecule has 1 heterocycles. The summed E-state index contributed by atoms with van der Waals surface area (Å²) in [5.41, 5.74) is -0.348. The zero-order valence-corrected chi connectivity index (χ0v) is 13.6. The number of rotatable bonds is 8. The first kappa shape index (κ1) is 17.4. The lowest BCUT2D eigenvalue weighted by molar-refractivity contribution is 0.0402. The highest BCUT2D eigenvalue weighted by atomic mass is 16.5. The number of ether oxygens (including phenoxy) is 1. The summed E-state index contributed by atoms with van der Waals surface area (Å²) in [6, 6.07) is 2.85. The Balaban J connectivity index is 2.33. The second kappa shape index (κ2) is 8.61. The fourth-order valence-corrected chi connectivity index (χ4v) is 3.04. The molecule has 0 amide bonds. The van der Waals surface area contributed by atoms with Crippen LogP contribution >= 0.6 is 0 Å². The molecule has 1 rings (SSSR count). The first-order chi connectivity index (χ1) is 9.55. The van der Waals surface area contributed by atoms with E-state index < -0.39 is 0 Å². The molecule has 0 aromatic heterocycles. The Bertz CT molecular complexity index is 305. The van der Waals surface area contributed by atoms with Crippen LogP contribution in [0.4, 0.5) is 0 Å². The highest BCUT2D eigenvalue weighted by Gasteiger charge is 2.28. The van der Waals surface area contributed by atoms with Crippen molar-refractivity contribution >= 4 is 0 Å². The zero-order valence-electron chi connectivity index (χ0n) is 13.6. The van der Waals surface area contributed by atoms with Crippen molar-refractivity contribution < 1.29 is 4.74 Å². The summed E-state index contributed by atoms with van der Waals surface area (Å²) in [6.07, 6.45) is 5.60. The van der Waals surface area contributed by atoms with E-state index in [0.717, 1.165) is 51.7 Å². The molecule has 4 heteroatoms. The normalized spacial score (nSPS) is 20.8. The molecule has 0 spiro atoms. The summed E-state index contributed by atoms with van der Waals surface area (Å²) in [7, 11) is 1.81. The van der Waals surface area contributed by atoms with E-state index in [0.29, 0.717) is 12.1 Å². The molecular weight excluding hydrogens is 250 g/mol. The van der Waals surface area contributed by atoms with Gasteiger partial charge in [0.15, 0.2) is 0 Å². The molecule has 1 aliphatic rings. The van der Waals surface area contributed by atoms with Crippen LogP contribution in [0.3, 0.4) is 0 Å². The van der Waals surface area contributed by atoms with Crippen LogP contribution in [0.2, 0.25) is 0 Å². The molecule has 116 valence electrons. The minimum atomic E-state index is -0.348. The van der Waals surface area contributed by atoms with Crippen LogP contribution < -0.4 is 5.32 Å². The maximum Gasteiger partial charge on any atom is 0.106 e. The van der Waals surface area contributed by atoms with E-state index in [1.165, 1.54) is 0 Å². The number of likely N-dealkylation sites (tertiary alicyclic amines) is 1. The van der Waals surface area contributed by atoms with Crippen LogP contribution in [0.25, 0.3) is 0 Å². The Morgan fingerprint density at radius 1 is 1.40 bits per heavy atom. The van der Waals surface area contributed by atoms with Gasteiger partial charge in [-0.25, -0.2) is 0 Å². The van der Waals surface area contributed by atoms with E-state index in [9.17, 15) is 5.26 Å². The van der Waals surface area contributed by atoms with Gasteiger partial charge >= 0.3 is 0 Å². The van der Waals surface area contributed by atoms with Crippen LogP contribution in [-0.4, -0.2) is 49.3 Å². The summed E-state index contributed by atoms with van der Waals surface area (Å²) >= 11 is 0. The van der Waals surface area contributed by atoms with Gasteiger partial charge in [-0.15, -0.1) is 0 Å². The van der Waals surface area contributed by atoms with Crippen molar-refractivity contribution in [2.45, 2.75) is 70.6 Å². The van der Waals surface area contributed by atoms with Gasteiger partial charge in [-0.05, 0) is 52.5 Å². The molecule has 1 atom stereocenters. The van der Waals surface area contributed by atoms with Gasteiger partial charge in [-0.2, -0.15) is 5.26 Å². The molecular formula is C16H31N3O. The van der Waals surface area contributed by atoms with Gasteiger partial charge in [0.25, 0.3) is 0 Å². The molecule has 1 N–H and O–H groups in total. The molecule has 0 saturated carbocycles. The third kappa shape index (κ3) is 5.40. The smallest absolute Gasteiger partial charge is 0.106 e. The van der Waals surface area contributed by atoms with Crippen LogP contribution in [-0.2, 0) is 4.74 Å². The average molecular weight is 281 g/mol. The number of methoxy groups -OCH3 is 1. The minimum absolute atomic E-state index is 0.348. The van der Waals surface area contributed by atoms with Gasteiger partial charge in [-0.1, -0.05) is 6.92 Å². The predicted molar refractivity (Wildman–Crippen MR) is 82.6 cm³/mol.